The molecule has 0 unspecified atom stereocenters. The minimum absolute atomic E-state index is 0. The fraction of sp³-hybridized carbons (Fsp3) is 0. The Bertz CT molecular complexity index is 73.7. The summed E-state index contributed by atoms with van der Waals surface area (Å²) in [5.74, 6) is 0. The SMILES string of the molecule is O=C([O-])[O-].O=[P+](O)O.[K+].[K+]. The Kier molecular flexibility index (Phi) is 40.3. The van der Waals surface area contributed by atoms with Crippen molar-refractivity contribution in [3.8, 4) is 0 Å². The van der Waals surface area contributed by atoms with Gasteiger partial charge in [0.05, 0.1) is 0 Å². The summed E-state index contributed by atoms with van der Waals surface area (Å²) in [4.78, 5) is 22.6. The topological polar surface area (TPSA) is 121 Å². The fourth-order valence-electron chi connectivity index (χ4n) is 0. The molecule has 0 rings (SSSR count). The summed E-state index contributed by atoms with van der Waals surface area (Å²) in [5.41, 5.74) is 0. The first-order chi connectivity index (χ1) is 3.46. The van der Waals surface area contributed by atoms with Crippen LogP contribution in [-0.4, -0.2) is 15.9 Å². The van der Waals surface area contributed by atoms with Gasteiger partial charge in [0.15, 0.2) is 0 Å². The van der Waals surface area contributed by atoms with Gasteiger partial charge in [-0.25, -0.2) is 0 Å². The number of carbonyl (C=O) groups is 1. The average Bonchev–Trinajstić information content (AvgIpc) is 1.25. The van der Waals surface area contributed by atoms with Crippen LogP contribution in [0.25, 0.3) is 0 Å². The van der Waals surface area contributed by atoms with Crippen LogP contribution < -0.4 is 113 Å². The number of rotatable bonds is 0. The molecule has 0 spiro atoms. The van der Waals surface area contributed by atoms with Crippen molar-refractivity contribution >= 4 is 14.4 Å². The maximum atomic E-state index is 8.70. The van der Waals surface area contributed by atoms with Gasteiger partial charge in [-0.05, 0) is 6.16 Å². The Morgan fingerprint density at radius 2 is 1.20 bits per heavy atom. The second-order valence-electron chi connectivity index (χ2n) is 0.503. The van der Waals surface area contributed by atoms with Gasteiger partial charge in [0, 0.05) is 4.57 Å². The predicted octanol–water partition coefficient (Wildman–Crippen LogP) is -8.81. The Morgan fingerprint density at radius 1 is 1.20 bits per heavy atom. The predicted molar refractivity (Wildman–Crippen MR) is 17.4 cm³/mol. The first kappa shape index (κ1) is 22.9. The van der Waals surface area contributed by atoms with E-state index in [1.807, 2.05) is 0 Å². The van der Waals surface area contributed by atoms with Crippen LogP contribution in [0.4, 0.5) is 4.79 Å². The zero-order valence-electron chi connectivity index (χ0n) is 5.47. The minimum atomic E-state index is -2.87. The van der Waals surface area contributed by atoms with Crippen LogP contribution in [0.1, 0.15) is 0 Å². The normalized spacial score (nSPS) is 5.00. The van der Waals surface area contributed by atoms with Crippen molar-refractivity contribution in [3.05, 3.63) is 0 Å². The van der Waals surface area contributed by atoms with Crippen LogP contribution in [0.5, 0.6) is 0 Å². The van der Waals surface area contributed by atoms with E-state index in [0.29, 0.717) is 0 Å². The van der Waals surface area contributed by atoms with Gasteiger partial charge in [0.25, 0.3) is 0 Å². The molecule has 0 bridgehead atoms. The maximum Gasteiger partial charge on any atom is 1.00 e. The zero-order valence-corrected chi connectivity index (χ0v) is 12.6. The molecule has 0 aromatic heterocycles. The second kappa shape index (κ2) is 17.6. The van der Waals surface area contributed by atoms with E-state index in [-0.39, 0.29) is 103 Å². The largest absolute Gasteiger partial charge is 1.00 e. The van der Waals surface area contributed by atoms with Crippen molar-refractivity contribution in [2.75, 3.05) is 0 Å². The summed E-state index contributed by atoms with van der Waals surface area (Å²) in [5, 5.41) is 16.7. The smallest absolute Gasteiger partial charge is 0.652 e. The van der Waals surface area contributed by atoms with Gasteiger partial charge in [0.2, 0.25) is 0 Å². The van der Waals surface area contributed by atoms with Gasteiger partial charge < -0.3 is 15.0 Å². The minimum Gasteiger partial charge on any atom is -0.652 e. The molecule has 2 N–H and O–H groups in total. The van der Waals surface area contributed by atoms with Crippen molar-refractivity contribution in [1.29, 1.82) is 0 Å². The third kappa shape index (κ3) is 147. The van der Waals surface area contributed by atoms with Crippen molar-refractivity contribution in [2.24, 2.45) is 0 Å². The van der Waals surface area contributed by atoms with Gasteiger partial charge >= 0.3 is 111 Å². The molecule has 0 heterocycles. The summed E-state index contributed by atoms with van der Waals surface area (Å²) in [6.07, 6.45) is -2.33. The van der Waals surface area contributed by atoms with E-state index in [2.05, 4.69) is 0 Å². The summed E-state index contributed by atoms with van der Waals surface area (Å²) < 4.78 is 8.70. The Labute approximate surface area is 143 Å². The Balaban J connectivity index is -0.0000000300. The van der Waals surface area contributed by atoms with E-state index in [9.17, 15) is 0 Å². The molecule has 0 aliphatic carbocycles. The van der Waals surface area contributed by atoms with Crippen LogP contribution in [0.15, 0.2) is 0 Å². The Morgan fingerprint density at radius 3 is 1.20 bits per heavy atom. The molecule has 10 heavy (non-hydrogen) atoms. The summed E-state index contributed by atoms with van der Waals surface area (Å²) in [7, 11) is -2.87. The number of carboxylic acid groups (broad SMARTS) is 2. The number of carbonyl (C=O) groups excluding carboxylic acids is 1. The molecule has 48 valence electrons. The third-order valence-electron chi connectivity index (χ3n) is 0. The summed E-state index contributed by atoms with van der Waals surface area (Å²) in [6, 6.07) is 0. The fourth-order valence-corrected chi connectivity index (χ4v) is 0. The number of hydrogen-bond donors (Lipinski definition) is 2. The van der Waals surface area contributed by atoms with E-state index < -0.39 is 14.4 Å². The van der Waals surface area contributed by atoms with Gasteiger partial charge in [-0.3, -0.25) is 0 Å². The molecule has 0 saturated heterocycles. The standard InChI is InChI=1S/CH2O3.2K.HO3P/c2-1(3)4;;;1-4(2)3/h(H2,2,3,4);;;(H-,1,2,3)/q;2*+1;/p-1. The monoisotopic (exact) mass is 219 g/mol. The maximum absolute atomic E-state index is 8.70. The molecule has 0 atom stereocenters. The molecule has 0 aromatic rings. The van der Waals surface area contributed by atoms with Gasteiger partial charge in [-0.1, -0.05) is 0 Å². The summed E-state index contributed by atoms with van der Waals surface area (Å²) >= 11 is 0. The van der Waals surface area contributed by atoms with E-state index in [0.717, 1.165) is 0 Å². The molecule has 0 aliphatic heterocycles. The molecule has 0 radical (unpaired) electrons. The van der Waals surface area contributed by atoms with E-state index in [1.54, 1.807) is 0 Å². The van der Waals surface area contributed by atoms with Crippen LogP contribution in [0.2, 0.25) is 0 Å². The van der Waals surface area contributed by atoms with Gasteiger partial charge in [0.1, 0.15) is 0 Å². The molecule has 0 aromatic carbocycles. The number of hydrogen-bond acceptors (Lipinski definition) is 4. The zero-order chi connectivity index (χ0) is 7.15. The first-order valence-electron chi connectivity index (χ1n) is 1.19. The van der Waals surface area contributed by atoms with Crippen molar-refractivity contribution in [2.45, 2.75) is 0 Å². The van der Waals surface area contributed by atoms with Crippen LogP contribution in [0.3, 0.4) is 0 Å². The van der Waals surface area contributed by atoms with E-state index in [1.165, 1.54) is 0 Å². The van der Waals surface area contributed by atoms with Crippen LogP contribution in [-0.2, 0) is 4.57 Å². The first-order valence-corrected chi connectivity index (χ1v) is 2.36. The molecule has 0 saturated carbocycles. The quantitative estimate of drug-likeness (QED) is 0.308. The van der Waals surface area contributed by atoms with Crippen molar-refractivity contribution < 1.29 is 132 Å². The molecule has 0 aliphatic rings. The molecule has 0 fully saturated rings. The van der Waals surface area contributed by atoms with Crippen molar-refractivity contribution in [1.82, 2.24) is 0 Å². The molecular formula is CH2K2O6P+. The van der Waals surface area contributed by atoms with E-state index in [4.69, 9.17) is 29.4 Å². The van der Waals surface area contributed by atoms with Crippen molar-refractivity contribution in [3.63, 3.8) is 0 Å². The van der Waals surface area contributed by atoms with Gasteiger partial charge in [-0.15, -0.1) is 9.79 Å². The molecular weight excluding hydrogens is 217 g/mol. The van der Waals surface area contributed by atoms with E-state index >= 15 is 0 Å². The molecule has 6 nitrogen and oxygen atoms in total. The van der Waals surface area contributed by atoms with Crippen LogP contribution >= 0.6 is 8.25 Å². The summed E-state index contributed by atoms with van der Waals surface area (Å²) in [6.45, 7) is 0. The van der Waals surface area contributed by atoms with Crippen LogP contribution in [0, 0.1) is 0 Å². The third-order valence-corrected chi connectivity index (χ3v) is 0. The second-order valence-corrected chi connectivity index (χ2v) is 1.01. The molecule has 9 heteroatoms. The van der Waals surface area contributed by atoms with Gasteiger partial charge in [-0.2, -0.15) is 0 Å². The average molecular weight is 219 g/mol. The Hall–Kier alpha value is 2.56. The molecule has 0 amide bonds.